The van der Waals surface area contributed by atoms with Gasteiger partial charge < -0.3 is 4.57 Å². The predicted molar refractivity (Wildman–Crippen MR) is 109 cm³/mol. The highest BCUT2D eigenvalue weighted by Gasteiger charge is 2.34. The van der Waals surface area contributed by atoms with Gasteiger partial charge in [-0.3, -0.25) is 14.5 Å². The lowest BCUT2D eigenvalue weighted by Gasteiger charge is -2.06. The highest BCUT2D eigenvalue weighted by molar-refractivity contribution is 8.18. The maximum Gasteiger partial charge on any atom is 0.294 e. The number of para-hydroxylation sites is 1. The molecule has 2 aromatic carbocycles. The molecule has 0 N–H and O–H groups in total. The Hall–Kier alpha value is -3.23. The van der Waals surface area contributed by atoms with Crippen LogP contribution in [-0.2, 0) is 11.3 Å². The van der Waals surface area contributed by atoms with Crippen molar-refractivity contribution in [2.45, 2.75) is 6.54 Å². The Bertz CT molecular complexity index is 1110. The monoisotopic (exact) mass is 372 g/mol. The van der Waals surface area contributed by atoms with E-state index in [2.05, 4.69) is 28.7 Å². The van der Waals surface area contributed by atoms with Crippen LogP contribution >= 0.6 is 11.8 Å². The standard InChI is InChI=1S/C22H16N2O2S/c1-2-12-24-21(25)20(27-22(24)26)13-17-15-23(14-16-8-4-3-5-9-16)19-11-7-6-10-18(17)19/h1,3-11,13,15H,12,14H2/b20-13-. The minimum absolute atomic E-state index is 0.00221. The van der Waals surface area contributed by atoms with Gasteiger partial charge in [0.15, 0.2) is 0 Å². The SMILES string of the molecule is C#CCN1C(=O)S/C(=C\c2cn(Cc3ccccc3)c3ccccc23)C1=O. The summed E-state index contributed by atoms with van der Waals surface area (Å²) in [4.78, 5) is 26.0. The smallest absolute Gasteiger partial charge is 0.294 e. The molecule has 132 valence electrons. The summed E-state index contributed by atoms with van der Waals surface area (Å²) in [5, 5.41) is 0.717. The molecule has 27 heavy (non-hydrogen) atoms. The second-order valence-electron chi connectivity index (χ2n) is 6.19. The second-order valence-corrected chi connectivity index (χ2v) is 7.18. The van der Waals surface area contributed by atoms with Crippen LogP contribution in [0.25, 0.3) is 17.0 Å². The van der Waals surface area contributed by atoms with Crippen LogP contribution < -0.4 is 0 Å². The lowest BCUT2D eigenvalue weighted by molar-refractivity contribution is -0.122. The van der Waals surface area contributed by atoms with Crippen LogP contribution in [0, 0.1) is 12.3 Å². The summed E-state index contributed by atoms with van der Waals surface area (Å²) < 4.78 is 2.15. The van der Waals surface area contributed by atoms with E-state index in [4.69, 9.17) is 6.42 Å². The summed E-state index contributed by atoms with van der Waals surface area (Å²) in [6, 6.07) is 18.2. The number of imide groups is 1. The summed E-state index contributed by atoms with van der Waals surface area (Å²) in [6.45, 7) is 0.728. The van der Waals surface area contributed by atoms with E-state index < -0.39 is 0 Å². The van der Waals surface area contributed by atoms with E-state index in [-0.39, 0.29) is 17.7 Å². The van der Waals surface area contributed by atoms with E-state index in [0.717, 1.165) is 39.7 Å². The molecule has 0 aliphatic carbocycles. The minimum Gasteiger partial charge on any atom is -0.342 e. The highest BCUT2D eigenvalue weighted by atomic mass is 32.2. The number of thioether (sulfide) groups is 1. The van der Waals surface area contributed by atoms with E-state index in [9.17, 15) is 9.59 Å². The van der Waals surface area contributed by atoms with Crippen LogP contribution in [-0.4, -0.2) is 27.2 Å². The largest absolute Gasteiger partial charge is 0.342 e. The summed E-state index contributed by atoms with van der Waals surface area (Å²) in [5.41, 5.74) is 3.18. The maximum absolute atomic E-state index is 12.5. The average molecular weight is 372 g/mol. The van der Waals surface area contributed by atoms with Crippen LogP contribution in [0.1, 0.15) is 11.1 Å². The Balaban J connectivity index is 1.74. The van der Waals surface area contributed by atoms with Gasteiger partial charge in [-0.25, -0.2) is 0 Å². The molecule has 0 spiro atoms. The third kappa shape index (κ3) is 3.27. The number of nitrogens with zero attached hydrogens (tertiary/aromatic N) is 2. The fourth-order valence-electron chi connectivity index (χ4n) is 3.17. The van der Waals surface area contributed by atoms with Crippen molar-refractivity contribution in [3.05, 3.63) is 76.8 Å². The van der Waals surface area contributed by atoms with Crippen molar-refractivity contribution in [1.82, 2.24) is 9.47 Å². The zero-order valence-electron chi connectivity index (χ0n) is 14.5. The molecule has 0 saturated carbocycles. The summed E-state index contributed by atoms with van der Waals surface area (Å²) in [5.74, 6) is 2.02. The molecule has 0 unspecified atom stereocenters. The van der Waals surface area contributed by atoms with Crippen molar-refractivity contribution in [2.24, 2.45) is 0 Å². The predicted octanol–water partition coefficient (Wildman–Crippen LogP) is 4.36. The number of terminal acetylenes is 1. The molecule has 2 heterocycles. The fourth-order valence-corrected chi connectivity index (χ4v) is 4.00. The third-order valence-electron chi connectivity index (χ3n) is 4.42. The van der Waals surface area contributed by atoms with Crippen LogP contribution in [0.15, 0.2) is 65.7 Å². The normalized spacial score (nSPS) is 15.7. The summed E-state index contributed by atoms with van der Waals surface area (Å²) >= 11 is 0.932. The summed E-state index contributed by atoms with van der Waals surface area (Å²) in [7, 11) is 0. The quantitative estimate of drug-likeness (QED) is 0.505. The molecule has 1 aromatic heterocycles. The first kappa shape index (κ1) is 17.2. The fraction of sp³-hybridized carbons (Fsp3) is 0.0909. The van der Waals surface area contributed by atoms with Gasteiger partial charge in [0, 0.05) is 29.2 Å². The molecular formula is C22H16N2O2S. The molecule has 1 saturated heterocycles. The zero-order chi connectivity index (χ0) is 18.8. The topological polar surface area (TPSA) is 42.3 Å². The van der Waals surface area contributed by atoms with E-state index in [1.807, 2.05) is 42.6 Å². The first-order valence-electron chi connectivity index (χ1n) is 8.48. The van der Waals surface area contributed by atoms with Gasteiger partial charge in [-0.2, -0.15) is 0 Å². The molecule has 4 rings (SSSR count). The Morgan fingerprint density at radius 1 is 1.04 bits per heavy atom. The van der Waals surface area contributed by atoms with E-state index in [1.54, 1.807) is 6.08 Å². The van der Waals surface area contributed by atoms with Gasteiger partial charge in [0.05, 0.1) is 11.4 Å². The Morgan fingerprint density at radius 3 is 2.56 bits per heavy atom. The minimum atomic E-state index is -0.331. The average Bonchev–Trinajstić information content (AvgIpc) is 3.16. The molecule has 3 aromatic rings. The lowest BCUT2D eigenvalue weighted by Crippen LogP contribution is -2.28. The van der Waals surface area contributed by atoms with Gasteiger partial charge in [-0.05, 0) is 29.5 Å². The molecule has 2 amide bonds. The van der Waals surface area contributed by atoms with E-state index >= 15 is 0 Å². The van der Waals surface area contributed by atoms with Gasteiger partial charge >= 0.3 is 0 Å². The van der Waals surface area contributed by atoms with Gasteiger partial charge in [-0.1, -0.05) is 54.5 Å². The van der Waals surface area contributed by atoms with Crippen molar-refractivity contribution in [2.75, 3.05) is 6.54 Å². The van der Waals surface area contributed by atoms with Crippen molar-refractivity contribution >= 4 is 39.9 Å². The van der Waals surface area contributed by atoms with E-state index in [1.165, 1.54) is 5.56 Å². The Kier molecular flexibility index (Phi) is 4.57. The van der Waals surface area contributed by atoms with Crippen molar-refractivity contribution in [1.29, 1.82) is 0 Å². The number of aromatic nitrogens is 1. The molecule has 0 bridgehead atoms. The highest BCUT2D eigenvalue weighted by Crippen LogP contribution is 2.34. The first-order valence-corrected chi connectivity index (χ1v) is 9.29. The maximum atomic E-state index is 12.5. The number of rotatable bonds is 4. The van der Waals surface area contributed by atoms with Gasteiger partial charge in [0.1, 0.15) is 0 Å². The van der Waals surface area contributed by atoms with Crippen LogP contribution in [0.3, 0.4) is 0 Å². The van der Waals surface area contributed by atoms with Gasteiger partial charge in [-0.15, -0.1) is 6.42 Å². The lowest BCUT2D eigenvalue weighted by atomic mass is 10.1. The number of carbonyl (C=O) groups excluding carboxylic acids is 2. The number of hydrogen-bond donors (Lipinski definition) is 0. The molecule has 1 aliphatic rings. The second kappa shape index (κ2) is 7.18. The van der Waals surface area contributed by atoms with Crippen molar-refractivity contribution in [3.8, 4) is 12.3 Å². The number of amides is 2. The molecule has 0 atom stereocenters. The summed E-state index contributed by atoms with van der Waals surface area (Å²) in [6.07, 6.45) is 9.06. The number of hydrogen-bond acceptors (Lipinski definition) is 3. The number of fused-ring (bicyclic) bond motifs is 1. The van der Waals surface area contributed by atoms with Crippen LogP contribution in [0.5, 0.6) is 0 Å². The van der Waals surface area contributed by atoms with E-state index in [0.29, 0.717) is 4.91 Å². The van der Waals surface area contributed by atoms with Gasteiger partial charge in [0.25, 0.3) is 11.1 Å². The van der Waals surface area contributed by atoms with Crippen LogP contribution in [0.4, 0.5) is 4.79 Å². The molecule has 4 nitrogen and oxygen atoms in total. The molecule has 0 radical (unpaired) electrons. The van der Waals surface area contributed by atoms with Gasteiger partial charge in [0.2, 0.25) is 0 Å². The number of benzene rings is 2. The van der Waals surface area contributed by atoms with Crippen LogP contribution in [0.2, 0.25) is 0 Å². The first-order chi connectivity index (χ1) is 13.2. The Morgan fingerprint density at radius 2 is 1.78 bits per heavy atom. The van der Waals surface area contributed by atoms with Crippen molar-refractivity contribution in [3.63, 3.8) is 0 Å². The zero-order valence-corrected chi connectivity index (χ0v) is 15.3. The number of carbonyl (C=O) groups is 2. The van der Waals surface area contributed by atoms with Crippen molar-refractivity contribution < 1.29 is 9.59 Å². The molecule has 1 aliphatic heterocycles. The molecule has 5 heteroatoms. The molecular weight excluding hydrogens is 356 g/mol. The Labute approximate surface area is 161 Å². The molecule has 1 fully saturated rings. The third-order valence-corrected chi connectivity index (χ3v) is 5.33.